The average Bonchev–Trinajstić information content (AvgIpc) is 2.27. The smallest absolute Gasteiger partial charge is 0.328 e. The normalized spacial score (nSPS) is 11.1. The predicted octanol–water partition coefficient (Wildman–Crippen LogP) is 1.94. The van der Waals surface area contributed by atoms with E-state index in [2.05, 4.69) is 4.98 Å². The fourth-order valence-electron chi connectivity index (χ4n) is 1.22. The molecular formula is C10H12ClN3O4. The molecule has 0 radical (unpaired) electrons. The summed E-state index contributed by atoms with van der Waals surface area (Å²) in [6.45, 7) is 2.85. The largest absolute Gasteiger partial charge is 0.480 e. The molecule has 1 N–H and O–H groups in total. The highest BCUT2D eigenvalue weighted by atomic mass is 35.5. The van der Waals surface area contributed by atoms with Crippen molar-refractivity contribution >= 4 is 29.1 Å². The molecule has 0 bridgehead atoms. The minimum absolute atomic E-state index is 0.0446. The SMILES string of the molecule is CN(c1ncc(Cl)cc1[N+](=O)[O-])C(C)(C)C(=O)O. The first-order valence-electron chi connectivity index (χ1n) is 4.95. The highest BCUT2D eigenvalue weighted by Crippen LogP contribution is 2.31. The van der Waals surface area contributed by atoms with E-state index < -0.39 is 16.4 Å². The van der Waals surface area contributed by atoms with Gasteiger partial charge >= 0.3 is 11.7 Å². The maximum atomic E-state index is 11.1. The molecule has 0 fully saturated rings. The van der Waals surface area contributed by atoms with Gasteiger partial charge in [-0.3, -0.25) is 10.1 Å². The number of halogens is 1. The summed E-state index contributed by atoms with van der Waals surface area (Å²) in [6.07, 6.45) is 1.23. The highest BCUT2D eigenvalue weighted by Gasteiger charge is 2.36. The van der Waals surface area contributed by atoms with Gasteiger partial charge in [-0.25, -0.2) is 9.78 Å². The van der Waals surface area contributed by atoms with E-state index in [9.17, 15) is 14.9 Å². The van der Waals surface area contributed by atoms with E-state index in [4.69, 9.17) is 16.7 Å². The van der Waals surface area contributed by atoms with Crippen molar-refractivity contribution in [2.24, 2.45) is 0 Å². The van der Waals surface area contributed by atoms with Gasteiger partial charge in [-0.1, -0.05) is 11.6 Å². The maximum absolute atomic E-state index is 11.1. The molecule has 1 heterocycles. The summed E-state index contributed by atoms with van der Waals surface area (Å²) in [7, 11) is 1.43. The zero-order valence-electron chi connectivity index (χ0n) is 10.0. The van der Waals surface area contributed by atoms with Crippen molar-refractivity contribution in [3.63, 3.8) is 0 Å². The Hall–Kier alpha value is -1.89. The zero-order valence-corrected chi connectivity index (χ0v) is 10.8. The number of carbonyl (C=O) groups is 1. The molecule has 7 nitrogen and oxygen atoms in total. The van der Waals surface area contributed by atoms with Crippen molar-refractivity contribution < 1.29 is 14.8 Å². The molecule has 0 saturated carbocycles. The van der Waals surface area contributed by atoms with Gasteiger partial charge in [0.1, 0.15) is 5.54 Å². The molecule has 1 aromatic rings. The minimum Gasteiger partial charge on any atom is -0.480 e. The Morgan fingerprint density at radius 2 is 2.17 bits per heavy atom. The van der Waals surface area contributed by atoms with Gasteiger partial charge in [0.25, 0.3) is 0 Å². The maximum Gasteiger partial charge on any atom is 0.328 e. The molecule has 0 aliphatic rings. The first kappa shape index (κ1) is 14.2. The number of pyridine rings is 1. The summed E-state index contributed by atoms with van der Waals surface area (Å²) in [5.74, 6) is -1.16. The van der Waals surface area contributed by atoms with Crippen LogP contribution in [0.15, 0.2) is 12.3 Å². The molecule has 18 heavy (non-hydrogen) atoms. The molecule has 98 valence electrons. The lowest BCUT2D eigenvalue weighted by Crippen LogP contribution is -2.48. The van der Waals surface area contributed by atoms with Crippen LogP contribution in [0, 0.1) is 10.1 Å². The molecule has 0 atom stereocenters. The lowest BCUT2D eigenvalue weighted by molar-refractivity contribution is -0.384. The zero-order chi connectivity index (χ0) is 14.1. The van der Waals surface area contributed by atoms with Crippen molar-refractivity contribution in [2.75, 3.05) is 11.9 Å². The van der Waals surface area contributed by atoms with Crippen molar-refractivity contribution in [1.29, 1.82) is 0 Å². The van der Waals surface area contributed by atoms with Crippen LogP contribution in [0.25, 0.3) is 0 Å². The van der Waals surface area contributed by atoms with Crippen LogP contribution in [0.1, 0.15) is 13.8 Å². The lowest BCUT2D eigenvalue weighted by Gasteiger charge is -2.31. The van der Waals surface area contributed by atoms with Gasteiger partial charge in [-0.2, -0.15) is 0 Å². The number of aromatic nitrogens is 1. The fourth-order valence-corrected chi connectivity index (χ4v) is 1.37. The summed E-state index contributed by atoms with van der Waals surface area (Å²) < 4.78 is 0. The molecule has 0 aliphatic heterocycles. The number of hydrogen-bond donors (Lipinski definition) is 1. The number of carboxylic acids is 1. The molecule has 8 heteroatoms. The third-order valence-corrected chi connectivity index (χ3v) is 2.90. The van der Waals surface area contributed by atoms with E-state index in [1.54, 1.807) is 0 Å². The number of anilines is 1. The Balaban J connectivity index is 3.33. The van der Waals surface area contributed by atoms with Crippen LogP contribution in [0.4, 0.5) is 11.5 Å². The van der Waals surface area contributed by atoms with E-state index in [0.29, 0.717) is 0 Å². The van der Waals surface area contributed by atoms with Crippen LogP contribution in [0.2, 0.25) is 5.02 Å². The van der Waals surface area contributed by atoms with E-state index >= 15 is 0 Å². The van der Waals surface area contributed by atoms with Gasteiger partial charge in [-0.15, -0.1) is 0 Å². The Kier molecular flexibility index (Phi) is 3.76. The quantitative estimate of drug-likeness (QED) is 0.665. The summed E-state index contributed by atoms with van der Waals surface area (Å²) in [5.41, 5.74) is -1.66. The summed E-state index contributed by atoms with van der Waals surface area (Å²) in [4.78, 5) is 26.4. The second-order valence-electron chi connectivity index (χ2n) is 4.18. The number of nitro groups is 1. The summed E-state index contributed by atoms with van der Waals surface area (Å²) >= 11 is 5.64. The van der Waals surface area contributed by atoms with Gasteiger partial charge < -0.3 is 10.0 Å². The van der Waals surface area contributed by atoms with E-state index in [1.165, 1.54) is 32.0 Å². The number of likely N-dealkylation sites (N-methyl/N-ethyl adjacent to an activating group) is 1. The number of rotatable bonds is 4. The van der Waals surface area contributed by atoms with E-state index in [0.717, 1.165) is 6.07 Å². The lowest BCUT2D eigenvalue weighted by atomic mass is 10.0. The molecule has 0 aliphatic carbocycles. The monoisotopic (exact) mass is 273 g/mol. The second-order valence-corrected chi connectivity index (χ2v) is 4.61. The van der Waals surface area contributed by atoms with Gasteiger partial charge in [0, 0.05) is 19.3 Å². The summed E-state index contributed by atoms with van der Waals surface area (Å²) in [5, 5.41) is 20.1. The molecule has 0 spiro atoms. The molecule has 0 saturated heterocycles. The second kappa shape index (κ2) is 4.77. The van der Waals surface area contributed by atoms with Gasteiger partial charge in [0.15, 0.2) is 0 Å². The Morgan fingerprint density at radius 3 is 2.61 bits per heavy atom. The third-order valence-electron chi connectivity index (χ3n) is 2.69. The standard InChI is InChI=1S/C10H12ClN3O4/c1-10(2,9(15)16)13(3)8-7(14(17)18)4-6(11)5-12-8/h4-5H,1-3H3,(H,15,16). The number of hydrogen-bond acceptors (Lipinski definition) is 5. The highest BCUT2D eigenvalue weighted by molar-refractivity contribution is 6.30. The van der Waals surface area contributed by atoms with Crippen molar-refractivity contribution in [1.82, 2.24) is 4.98 Å². The van der Waals surface area contributed by atoms with Crippen LogP contribution in [0.5, 0.6) is 0 Å². The van der Waals surface area contributed by atoms with Gasteiger partial charge in [-0.05, 0) is 13.8 Å². The summed E-state index contributed by atoms with van der Waals surface area (Å²) in [6, 6.07) is 1.14. The van der Waals surface area contributed by atoms with Crippen LogP contribution >= 0.6 is 11.6 Å². The first-order valence-corrected chi connectivity index (χ1v) is 5.33. The predicted molar refractivity (Wildman–Crippen MR) is 66.0 cm³/mol. The van der Waals surface area contributed by atoms with Crippen LogP contribution < -0.4 is 4.90 Å². The van der Waals surface area contributed by atoms with Crippen LogP contribution in [0.3, 0.4) is 0 Å². The number of aliphatic carboxylic acids is 1. The average molecular weight is 274 g/mol. The Morgan fingerprint density at radius 1 is 1.61 bits per heavy atom. The van der Waals surface area contributed by atoms with Crippen molar-refractivity contribution in [3.8, 4) is 0 Å². The minimum atomic E-state index is -1.33. The van der Waals surface area contributed by atoms with Crippen molar-refractivity contribution in [2.45, 2.75) is 19.4 Å². The van der Waals surface area contributed by atoms with Crippen LogP contribution in [-0.4, -0.2) is 33.6 Å². The van der Waals surface area contributed by atoms with E-state index in [1.807, 2.05) is 0 Å². The topological polar surface area (TPSA) is 96.6 Å². The van der Waals surface area contributed by atoms with E-state index in [-0.39, 0.29) is 16.5 Å². The molecule has 1 rings (SSSR count). The number of nitrogens with zero attached hydrogens (tertiary/aromatic N) is 3. The third kappa shape index (κ3) is 2.51. The molecule has 1 aromatic heterocycles. The van der Waals surface area contributed by atoms with Crippen molar-refractivity contribution in [3.05, 3.63) is 27.4 Å². The molecule has 0 unspecified atom stereocenters. The first-order chi connectivity index (χ1) is 8.17. The molecular weight excluding hydrogens is 262 g/mol. The Labute approximate surface area is 108 Å². The fraction of sp³-hybridized carbons (Fsp3) is 0.400. The molecule has 0 amide bonds. The van der Waals surface area contributed by atoms with Gasteiger partial charge in [0.2, 0.25) is 5.82 Å². The number of carboxylic acid groups (broad SMARTS) is 1. The molecule has 0 aromatic carbocycles. The Bertz CT molecular complexity index is 504. The van der Waals surface area contributed by atoms with Crippen LogP contribution in [-0.2, 0) is 4.79 Å². The van der Waals surface area contributed by atoms with Gasteiger partial charge in [0.05, 0.1) is 9.95 Å².